The summed E-state index contributed by atoms with van der Waals surface area (Å²) in [5.41, 5.74) is 1.67. The number of hydrogen-bond donors (Lipinski definition) is 1. The number of aromatic nitrogens is 6. The van der Waals surface area contributed by atoms with E-state index >= 15 is 0 Å². The molecule has 1 aliphatic heterocycles. The van der Waals surface area contributed by atoms with Crippen LogP contribution in [0.1, 0.15) is 12.6 Å². The van der Waals surface area contributed by atoms with Crippen molar-refractivity contribution in [1.29, 1.82) is 0 Å². The summed E-state index contributed by atoms with van der Waals surface area (Å²) in [6.07, 6.45) is -1.39. The number of nitrogens with zero attached hydrogens (tertiary/aromatic N) is 8. The van der Waals surface area contributed by atoms with Crippen molar-refractivity contribution < 1.29 is 22.6 Å². The Labute approximate surface area is 200 Å². The lowest BCUT2D eigenvalue weighted by Gasteiger charge is -2.32. The molecule has 0 saturated carbocycles. The van der Waals surface area contributed by atoms with E-state index in [0.717, 1.165) is 26.2 Å². The van der Waals surface area contributed by atoms with Crippen LogP contribution in [-0.2, 0) is 22.6 Å². The normalized spacial score (nSPS) is 15.2. The van der Waals surface area contributed by atoms with Crippen molar-refractivity contribution in [3.63, 3.8) is 0 Å². The van der Waals surface area contributed by atoms with Crippen molar-refractivity contribution in [3.8, 4) is 0 Å². The molecular formula is C21H28F3N9O2. The highest BCUT2D eigenvalue weighted by Gasteiger charge is 2.28. The maximum Gasteiger partial charge on any atom is 0.411 e. The van der Waals surface area contributed by atoms with Gasteiger partial charge in [-0.2, -0.15) is 23.3 Å². The highest BCUT2D eigenvalue weighted by Crippen LogP contribution is 2.29. The molecule has 1 N–H and O–H groups in total. The highest BCUT2D eigenvalue weighted by molar-refractivity contribution is 5.90. The van der Waals surface area contributed by atoms with Gasteiger partial charge in [-0.25, -0.2) is 15.0 Å². The van der Waals surface area contributed by atoms with Crippen molar-refractivity contribution in [2.45, 2.75) is 26.3 Å². The molecule has 35 heavy (non-hydrogen) atoms. The molecule has 4 heterocycles. The SMILES string of the molecule is CCOCc1nn(CCOCC(F)(F)F)c2c(Nc3ccncn3)nc(N3CCN(C)CC3)nc12. The Morgan fingerprint density at radius 3 is 2.60 bits per heavy atom. The minimum absolute atomic E-state index is 0.0778. The van der Waals surface area contributed by atoms with Gasteiger partial charge in [0.05, 0.1) is 19.8 Å². The molecular weight excluding hydrogens is 467 g/mol. The molecule has 0 amide bonds. The summed E-state index contributed by atoms with van der Waals surface area (Å²) in [5.74, 6) is 1.48. The second-order valence-electron chi connectivity index (χ2n) is 8.05. The molecule has 0 bridgehead atoms. The predicted molar refractivity (Wildman–Crippen MR) is 123 cm³/mol. The van der Waals surface area contributed by atoms with E-state index in [0.29, 0.717) is 40.9 Å². The number of fused-ring (bicyclic) bond motifs is 1. The molecule has 190 valence electrons. The minimum Gasteiger partial charge on any atom is -0.375 e. The van der Waals surface area contributed by atoms with Crippen molar-refractivity contribution in [2.24, 2.45) is 0 Å². The number of hydrogen-bond acceptors (Lipinski definition) is 10. The van der Waals surface area contributed by atoms with Crippen LogP contribution in [0.15, 0.2) is 18.6 Å². The zero-order chi connectivity index (χ0) is 24.8. The Kier molecular flexibility index (Phi) is 7.93. The average Bonchev–Trinajstić information content (AvgIpc) is 3.19. The summed E-state index contributed by atoms with van der Waals surface area (Å²) in [6.45, 7) is 4.39. The summed E-state index contributed by atoms with van der Waals surface area (Å²) >= 11 is 0. The maximum atomic E-state index is 12.5. The van der Waals surface area contributed by atoms with Crippen LogP contribution in [0, 0.1) is 0 Å². The van der Waals surface area contributed by atoms with Crippen LogP contribution in [-0.4, -0.2) is 93.8 Å². The molecule has 3 aromatic heterocycles. The predicted octanol–water partition coefficient (Wildman–Crippen LogP) is 2.23. The molecule has 0 radical (unpaired) electrons. The van der Waals surface area contributed by atoms with E-state index in [1.807, 2.05) is 6.92 Å². The lowest BCUT2D eigenvalue weighted by atomic mass is 10.3. The second-order valence-corrected chi connectivity index (χ2v) is 8.05. The van der Waals surface area contributed by atoms with Gasteiger partial charge in [0.1, 0.15) is 35.5 Å². The van der Waals surface area contributed by atoms with Gasteiger partial charge >= 0.3 is 6.18 Å². The molecule has 0 atom stereocenters. The van der Waals surface area contributed by atoms with Crippen molar-refractivity contribution in [1.82, 2.24) is 34.6 Å². The van der Waals surface area contributed by atoms with E-state index in [1.54, 1.807) is 16.9 Å². The molecule has 0 unspecified atom stereocenters. The topological polar surface area (TPSA) is 106 Å². The quantitative estimate of drug-likeness (QED) is 0.421. The molecule has 1 fully saturated rings. The van der Waals surface area contributed by atoms with Crippen LogP contribution in [0.25, 0.3) is 11.0 Å². The van der Waals surface area contributed by atoms with Crippen LogP contribution in [0.4, 0.5) is 30.8 Å². The fourth-order valence-corrected chi connectivity index (χ4v) is 3.65. The smallest absolute Gasteiger partial charge is 0.375 e. The van der Waals surface area contributed by atoms with Crippen LogP contribution >= 0.6 is 0 Å². The Balaban J connectivity index is 1.73. The average molecular weight is 496 g/mol. The summed E-state index contributed by atoms with van der Waals surface area (Å²) in [6, 6.07) is 1.69. The van der Waals surface area contributed by atoms with E-state index in [9.17, 15) is 13.2 Å². The molecule has 0 aromatic carbocycles. The van der Waals surface area contributed by atoms with Gasteiger partial charge < -0.3 is 24.6 Å². The molecule has 0 aliphatic carbocycles. The van der Waals surface area contributed by atoms with Crippen LogP contribution in [0.3, 0.4) is 0 Å². The van der Waals surface area contributed by atoms with Crippen molar-refractivity contribution >= 4 is 28.6 Å². The van der Waals surface area contributed by atoms with Gasteiger partial charge in [-0.1, -0.05) is 0 Å². The van der Waals surface area contributed by atoms with E-state index in [1.165, 1.54) is 6.33 Å². The van der Waals surface area contributed by atoms with Gasteiger partial charge in [0.15, 0.2) is 5.82 Å². The summed E-state index contributed by atoms with van der Waals surface area (Å²) in [7, 11) is 2.06. The van der Waals surface area contributed by atoms with Crippen LogP contribution in [0.2, 0.25) is 0 Å². The van der Waals surface area contributed by atoms with Crippen molar-refractivity contribution in [2.75, 3.05) is 63.3 Å². The Morgan fingerprint density at radius 2 is 1.91 bits per heavy atom. The number of rotatable bonds is 10. The number of ether oxygens (including phenoxy) is 2. The first-order chi connectivity index (χ1) is 16.8. The minimum atomic E-state index is -4.40. The largest absolute Gasteiger partial charge is 0.411 e. The monoisotopic (exact) mass is 495 g/mol. The van der Waals surface area contributed by atoms with E-state index in [-0.39, 0.29) is 19.8 Å². The number of piperazine rings is 1. The number of anilines is 3. The van der Waals surface area contributed by atoms with Crippen molar-refractivity contribution in [3.05, 3.63) is 24.3 Å². The van der Waals surface area contributed by atoms with Gasteiger partial charge in [-0.05, 0) is 20.0 Å². The number of likely N-dealkylation sites (N-methyl/N-ethyl adjacent to an activating group) is 1. The summed E-state index contributed by atoms with van der Waals surface area (Å²) < 4.78 is 49.5. The molecule has 1 saturated heterocycles. The first-order valence-electron chi connectivity index (χ1n) is 11.3. The summed E-state index contributed by atoms with van der Waals surface area (Å²) in [4.78, 5) is 22.1. The van der Waals surface area contributed by atoms with Gasteiger partial charge in [0, 0.05) is 39.0 Å². The third kappa shape index (κ3) is 6.52. The van der Waals surface area contributed by atoms with Crippen LogP contribution < -0.4 is 10.2 Å². The van der Waals surface area contributed by atoms with Gasteiger partial charge in [0.2, 0.25) is 5.95 Å². The Morgan fingerprint density at radius 1 is 1.11 bits per heavy atom. The standard InChI is InChI=1S/C21H28F3N9O2/c1-3-34-12-15-17-18(33(30-15)10-11-35-13-21(22,23)24)19(27-16-4-5-25-14-26-16)29-20(28-17)32-8-6-31(2)7-9-32/h4-5,14H,3,6-13H2,1-2H3,(H,25,26,27,28,29). The lowest BCUT2D eigenvalue weighted by Crippen LogP contribution is -2.45. The lowest BCUT2D eigenvalue weighted by molar-refractivity contribution is -0.174. The maximum absolute atomic E-state index is 12.5. The van der Waals surface area contributed by atoms with Gasteiger partial charge in [0.25, 0.3) is 0 Å². The molecule has 11 nitrogen and oxygen atoms in total. The van der Waals surface area contributed by atoms with E-state index in [4.69, 9.17) is 19.4 Å². The highest BCUT2D eigenvalue weighted by atomic mass is 19.4. The Bertz CT molecular complexity index is 1100. The first kappa shape index (κ1) is 25.0. The molecule has 4 rings (SSSR count). The second kappa shape index (κ2) is 11.1. The van der Waals surface area contributed by atoms with E-state index in [2.05, 4.69) is 37.2 Å². The van der Waals surface area contributed by atoms with Gasteiger partial charge in [-0.3, -0.25) is 4.68 Å². The number of halogens is 3. The fourth-order valence-electron chi connectivity index (χ4n) is 3.65. The molecule has 1 aliphatic rings. The molecule has 14 heteroatoms. The number of alkyl halides is 3. The summed E-state index contributed by atoms with van der Waals surface area (Å²) in [5, 5.41) is 7.79. The van der Waals surface area contributed by atoms with Crippen LogP contribution in [0.5, 0.6) is 0 Å². The zero-order valence-electron chi connectivity index (χ0n) is 19.6. The van der Waals surface area contributed by atoms with E-state index < -0.39 is 12.8 Å². The zero-order valence-corrected chi connectivity index (χ0v) is 19.6. The Hall–Kier alpha value is -3.10. The molecule has 3 aromatic rings. The number of nitrogens with one attached hydrogen (secondary N) is 1. The van der Waals surface area contributed by atoms with Gasteiger partial charge in [-0.15, -0.1) is 0 Å². The fraction of sp³-hybridized carbons (Fsp3) is 0.571. The first-order valence-corrected chi connectivity index (χ1v) is 11.3. The molecule has 0 spiro atoms. The third-order valence-electron chi connectivity index (χ3n) is 5.42. The third-order valence-corrected chi connectivity index (χ3v) is 5.42.